The van der Waals surface area contributed by atoms with Crippen LogP contribution in [0.3, 0.4) is 0 Å². The number of imide groups is 1. The molecule has 0 radical (unpaired) electrons. The van der Waals surface area contributed by atoms with E-state index in [1.54, 1.807) is 26.0 Å². The van der Waals surface area contributed by atoms with E-state index in [2.05, 4.69) is 10.6 Å². The number of hydrogen-bond acceptors (Lipinski definition) is 3. The molecule has 3 amide bonds. The molecule has 0 heterocycles. The zero-order valence-corrected chi connectivity index (χ0v) is 15.2. The average molecular weight is 357 g/mol. The fraction of sp³-hybridized carbons (Fsp3) is 0.300. The molecule has 2 unspecified atom stereocenters. The van der Waals surface area contributed by atoms with Crippen LogP contribution in [0.15, 0.2) is 54.6 Å². The molecule has 2 aromatic rings. The highest BCUT2D eigenvalue weighted by atomic mass is 19.1. The molecule has 0 aliphatic heterocycles. The molecule has 0 spiro atoms. The van der Waals surface area contributed by atoms with Crippen molar-refractivity contribution in [1.82, 2.24) is 15.5 Å². The van der Waals surface area contributed by atoms with Gasteiger partial charge >= 0.3 is 6.03 Å². The van der Waals surface area contributed by atoms with Crippen molar-refractivity contribution < 1.29 is 14.0 Å². The zero-order chi connectivity index (χ0) is 19.1. The minimum Gasteiger partial charge on any atom is -0.338 e. The molecule has 2 aromatic carbocycles. The van der Waals surface area contributed by atoms with E-state index in [0.717, 1.165) is 11.1 Å². The van der Waals surface area contributed by atoms with Crippen LogP contribution in [0.25, 0.3) is 0 Å². The second-order valence-corrected chi connectivity index (χ2v) is 6.05. The Morgan fingerprint density at radius 1 is 1.04 bits per heavy atom. The quantitative estimate of drug-likeness (QED) is 0.835. The molecule has 0 aliphatic rings. The molecule has 6 heteroatoms. The van der Waals surface area contributed by atoms with Crippen LogP contribution in [0.5, 0.6) is 0 Å². The van der Waals surface area contributed by atoms with Gasteiger partial charge in [0.05, 0.1) is 12.1 Å². The summed E-state index contributed by atoms with van der Waals surface area (Å²) in [5.41, 5.74) is 1.83. The van der Waals surface area contributed by atoms with Crippen LogP contribution in [0.1, 0.15) is 31.0 Å². The third-order valence-corrected chi connectivity index (χ3v) is 4.27. The van der Waals surface area contributed by atoms with Crippen LogP contribution in [0.2, 0.25) is 0 Å². The fourth-order valence-corrected chi connectivity index (χ4v) is 2.77. The third-order valence-electron chi connectivity index (χ3n) is 4.27. The van der Waals surface area contributed by atoms with E-state index in [-0.39, 0.29) is 11.9 Å². The van der Waals surface area contributed by atoms with Gasteiger partial charge in [0, 0.05) is 6.54 Å². The molecular weight excluding hydrogens is 333 g/mol. The number of amides is 3. The highest BCUT2D eigenvalue weighted by Gasteiger charge is 2.28. The highest BCUT2D eigenvalue weighted by molar-refractivity contribution is 5.96. The number of urea groups is 1. The maximum atomic E-state index is 13.3. The number of rotatable bonds is 6. The first-order valence-corrected chi connectivity index (χ1v) is 8.55. The molecule has 138 valence electrons. The smallest absolute Gasteiger partial charge is 0.321 e. The minimum absolute atomic E-state index is 0.258. The molecule has 0 saturated heterocycles. The van der Waals surface area contributed by atoms with Crippen molar-refractivity contribution in [2.75, 3.05) is 13.6 Å². The van der Waals surface area contributed by atoms with Crippen molar-refractivity contribution in [3.63, 3.8) is 0 Å². The first-order valence-electron chi connectivity index (χ1n) is 8.55. The Balaban J connectivity index is 2.28. The summed E-state index contributed by atoms with van der Waals surface area (Å²) >= 11 is 0. The van der Waals surface area contributed by atoms with Crippen LogP contribution in [-0.2, 0) is 4.79 Å². The van der Waals surface area contributed by atoms with Crippen molar-refractivity contribution in [3.05, 3.63) is 71.5 Å². The SMILES string of the molecule is CCNC(=O)NC(=O)C(C)N(C)C(c1ccccc1)c1ccc(F)cc1. The summed E-state index contributed by atoms with van der Waals surface area (Å²) in [5, 5.41) is 4.88. The summed E-state index contributed by atoms with van der Waals surface area (Å²) in [6.45, 7) is 3.94. The van der Waals surface area contributed by atoms with E-state index in [0.29, 0.717) is 6.54 Å². The Bertz CT molecular complexity index is 734. The van der Waals surface area contributed by atoms with Crippen LogP contribution in [0.4, 0.5) is 9.18 Å². The van der Waals surface area contributed by atoms with Gasteiger partial charge in [0.2, 0.25) is 5.91 Å². The van der Waals surface area contributed by atoms with Crippen molar-refractivity contribution >= 4 is 11.9 Å². The predicted octanol–water partition coefficient (Wildman–Crippen LogP) is 3.08. The molecule has 2 rings (SSSR count). The number of carbonyl (C=O) groups is 2. The second kappa shape index (κ2) is 9.10. The largest absolute Gasteiger partial charge is 0.338 e. The Labute approximate surface area is 153 Å². The number of carbonyl (C=O) groups excluding carboxylic acids is 2. The van der Waals surface area contributed by atoms with Crippen molar-refractivity contribution in [1.29, 1.82) is 0 Å². The Morgan fingerprint density at radius 3 is 2.19 bits per heavy atom. The molecule has 0 aliphatic carbocycles. The Hall–Kier alpha value is -2.73. The standard InChI is InChI=1S/C20H24FN3O2/c1-4-22-20(26)23-19(25)14(2)24(3)18(15-8-6-5-7-9-15)16-10-12-17(21)13-11-16/h5-14,18H,4H2,1-3H3,(H2,22,23,25,26). The van der Waals surface area contributed by atoms with E-state index in [1.165, 1.54) is 12.1 Å². The molecule has 0 bridgehead atoms. The van der Waals surface area contributed by atoms with Crippen LogP contribution in [-0.4, -0.2) is 36.5 Å². The average Bonchev–Trinajstić information content (AvgIpc) is 2.63. The number of nitrogens with zero attached hydrogens (tertiary/aromatic N) is 1. The summed E-state index contributed by atoms with van der Waals surface area (Å²) in [5.74, 6) is -0.716. The van der Waals surface area contributed by atoms with E-state index in [1.807, 2.05) is 42.3 Å². The number of nitrogens with one attached hydrogen (secondary N) is 2. The minimum atomic E-state index is -0.576. The molecule has 2 atom stereocenters. The summed E-state index contributed by atoms with van der Waals surface area (Å²) in [4.78, 5) is 25.9. The topological polar surface area (TPSA) is 61.4 Å². The second-order valence-electron chi connectivity index (χ2n) is 6.05. The highest BCUT2D eigenvalue weighted by Crippen LogP contribution is 2.29. The fourth-order valence-electron chi connectivity index (χ4n) is 2.77. The van der Waals surface area contributed by atoms with Crippen molar-refractivity contribution in [2.24, 2.45) is 0 Å². The lowest BCUT2D eigenvalue weighted by molar-refractivity contribution is -0.124. The number of halogens is 1. The van der Waals surface area contributed by atoms with Crippen LogP contribution >= 0.6 is 0 Å². The predicted molar refractivity (Wildman–Crippen MR) is 99.1 cm³/mol. The van der Waals surface area contributed by atoms with Crippen LogP contribution < -0.4 is 10.6 Å². The van der Waals surface area contributed by atoms with Crippen LogP contribution in [0, 0.1) is 5.82 Å². The summed E-state index contributed by atoms with van der Waals surface area (Å²) < 4.78 is 13.3. The van der Waals surface area contributed by atoms with Gasteiger partial charge in [-0.15, -0.1) is 0 Å². The van der Waals surface area contributed by atoms with Gasteiger partial charge in [0.25, 0.3) is 0 Å². The lowest BCUT2D eigenvalue weighted by Crippen LogP contribution is -2.49. The van der Waals surface area contributed by atoms with Gasteiger partial charge in [0.1, 0.15) is 5.82 Å². The van der Waals surface area contributed by atoms with E-state index >= 15 is 0 Å². The van der Waals surface area contributed by atoms with E-state index < -0.39 is 18.0 Å². The molecule has 0 saturated carbocycles. The molecular formula is C20H24FN3O2. The maximum absolute atomic E-state index is 13.3. The van der Waals surface area contributed by atoms with E-state index in [4.69, 9.17) is 0 Å². The van der Waals surface area contributed by atoms with Crippen molar-refractivity contribution in [2.45, 2.75) is 25.9 Å². The Morgan fingerprint density at radius 2 is 1.62 bits per heavy atom. The van der Waals surface area contributed by atoms with E-state index in [9.17, 15) is 14.0 Å². The molecule has 2 N–H and O–H groups in total. The van der Waals surface area contributed by atoms with Gasteiger partial charge in [0.15, 0.2) is 0 Å². The summed E-state index contributed by atoms with van der Waals surface area (Å²) in [6.07, 6.45) is 0. The van der Waals surface area contributed by atoms with Gasteiger partial charge < -0.3 is 5.32 Å². The normalized spacial score (nSPS) is 13.1. The number of hydrogen-bond donors (Lipinski definition) is 2. The monoisotopic (exact) mass is 357 g/mol. The van der Waals surface area contributed by atoms with Gasteiger partial charge in [-0.05, 0) is 44.2 Å². The number of benzene rings is 2. The van der Waals surface area contributed by atoms with Gasteiger partial charge in [-0.25, -0.2) is 9.18 Å². The summed E-state index contributed by atoms with van der Waals surface area (Å²) in [6, 6.07) is 14.5. The molecule has 0 aromatic heterocycles. The van der Waals surface area contributed by atoms with Crippen molar-refractivity contribution in [3.8, 4) is 0 Å². The maximum Gasteiger partial charge on any atom is 0.321 e. The molecule has 5 nitrogen and oxygen atoms in total. The lowest BCUT2D eigenvalue weighted by Gasteiger charge is -2.33. The zero-order valence-electron chi connectivity index (χ0n) is 15.2. The lowest BCUT2D eigenvalue weighted by atomic mass is 9.96. The van der Waals surface area contributed by atoms with Gasteiger partial charge in [-0.2, -0.15) is 0 Å². The number of likely N-dealkylation sites (N-methyl/N-ethyl adjacent to an activating group) is 1. The first kappa shape index (κ1) is 19.6. The van der Waals surface area contributed by atoms with Gasteiger partial charge in [-0.1, -0.05) is 42.5 Å². The van der Waals surface area contributed by atoms with Gasteiger partial charge in [-0.3, -0.25) is 15.0 Å². The molecule has 0 fully saturated rings. The third kappa shape index (κ3) is 4.89. The summed E-state index contributed by atoms with van der Waals surface area (Å²) in [7, 11) is 1.81. The first-order chi connectivity index (χ1) is 12.4. The Kier molecular flexibility index (Phi) is 6.86. The molecule has 26 heavy (non-hydrogen) atoms.